The van der Waals surface area contributed by atoms with Crippen molar-refractivity contribution in [2.75, 3.05) is 19.8 Å². The van der Waals surface area contributed by atoms with Gasteiger partial charge in [0, 0.05) is 46.9 Å². The van der Waals surface area contributed by atoms with Gasteiger partial charge in [0.05, 0.1) is 18.2 Å². The molecule has 77 heavy (non-hydrogen) atoms. The van der Waals surface area contributed by atoms with Gasteiger partial charge in [0.15, 0.2) is 0 Å². The van der Waals surface area contributed by atoms with Crippen molar-refractivity contribution < 1.29 is 43.2 Å². The van der Waals surface area contributed by atoms with Crippen molar-refractivity contribution in [2.45, 2.75) is 109 Å². The van der Waals surface area contributed by atoms with Gasteiger partial charge in [-0.1, -0.05) is 127 Å². The van der Waals surface area contributed by atoms with Crippen molar-refractivity contribution in [1.82, 2.24) is 20.2 Å². The van der Waals surface area contributed by atoms with E-state index in [4.69, 9.17) is 18.9 Å². The highest BCUT2D eigenvalue weighted by Gasteiger charge is 2.35. The molecule has 396 valence electrons. The Bertz CT molecular complexity index is 3500. The van der Waals surface area contributed by atoms with Gasteiger partial charge in [-0.3, -0.25) is 4.57 Å². The van der Waals surface area contributed by atoms with E-state index in [1.165, 1.54) is 4.57 Å². The Labute approximate surface area is 448 Å². The summed E-state index contributed by atoms with van der Waals surface area (Å²) in [5.74, 6) is -1.05. The highest BCUT2D eigenvalue weighted by Crippen LogP contribution is 2.46. The normalized spacial score (nSPS) is 14.5. The fraction of sp³-hybridized carbons (Fsp3) is 0.312. The summed E-state index contributed by atoms with van der Waals surface area (Å²) >= 11 is 0. The molecule has 0 fully saturated rings. The first-order chi connectivity index (χ1) is 36.9. The quantitative estimate of drug-likeness (QED) is 0.0543. The number of benzene rings is 6. The molecule has 2 amide bonds. The van der Waals surface area contributed by atoms with Crippen LogP contribution in [0.3, 0.4) is 0 Å². The maximum atomic E-state index is 14.6. The Kier molecular flexibility index (Phi) is 14.6. The molecule has 0 bridgehead atoms. The monoisotopic (exact) mass is 1030 g/mol. The van der Waals surface area contributed by atoms with Crippen LogP contribution < -0.4 is 10.6 Å². The molecular weight excluding hydrogens is 969 g/mol. The predicted molar refractivity (Wildman–Crippen MR) is 298 cm³/mol. The molecule has 0 radical (unpaired) electrons. The number of alkyl carbamates (subject to hydrolysis) is 2. The number of aromatic amines is 1. The number of amides is 2. The van der Waals surface area contributed by atoms with E-state index in [2.05, 4.69) is 58.1 Å². The van der Waals surface area contributed by atoms with Crippen molar-refractivity contribution in [3.8, 4) is 22.3 Å². The van der Waals surface area contributed by atoms with Gasteiger partial charge in [-0.2, -0.15) is 0 Å². The molecule has 0 spiro atoms. The van der Waals surface area contributed by atoms with E-state index in [1.54, 1.807) is 27.0 Å². The van der Waals surface area contributed by atoms with Crippen molar-refractivity contribution in [3.05, 3.63) is 190 Å². The Balaban J connectivity index is 0.830. The zero-order valence-corrected chi connectivity index (χ0v) is 44.7. The van der Waals surface area contributed by atoms with Gasteiger partial charge < -0.3 is 39.7 Å². The average Bonchev–Trinajstić information content (AvgIpc) is 4.21. The number of hydrogen-bond acceptors (Lipinski definition) is 9. The molecule has 8 aromatic rings. The third-order valence-electron chi connectivity index (χ3n) is 15.0. The smallest absolute Gasteiger partial charge is 0.419 e. The van der Waals surface area contributed by atoms with E-state index >= 15 is 0 Å². The summed E-state index contributed by atoms with van der Waals surface area (Å²) in [5.41, 5.74) is 13.1. The Morgan fingerprint density at radius 3 is 1.83 bits per heavy atom. The number of aliphatic hydroxyl groups excluding tert-OH is 1. The van der Waals surface area contributed by atoms with E-state index in [9.17, 15) is 24.3 Å². The minimum absolute atomic E-state index is 0.00159. The number of aryl methyl sites for hydroxylation is 3. The Morgan fingerprint density at radius 2 is 1.21 bits per heavy atom. The summed E-state index contributed by atoms with van der Waals surface area (Å²) in [6, 6.07) is 40.6. The first-order valence-corrected chi connectivity index (χ1v) is 26.4. The van der Waals surface area contributed by atoms with Crippen LogP contribution in [0.15, 0.2) is 140 Å². The molecule has 0 saturated heterocycles. The maximum Gasteiger partial charge on any atom is 0.419 e. The van der Waals surface area contributed by atoms with Gasteiger partial charge in [0.25, 0.3) is 0 Å². The fourth-order valence-electron chi connectivity index (χ4n) is 11.2. The topological polar surface area (TPSA) is 170 Å². The molecule has 6 aromatic carbocycles. The van der Waals surface area contributed by atoms with Gasteiger partial charge in [-0.25, -0.2) is 19.2 Å². The molecule has 2 aliphatic rings. The lowest BCUT2D eigenvalue weighted by Crippen LogP contribution is -2.46. The van der Waals surface area contributed by atoms with E-state index in [0.29, 0.717) is 30.3 Å². The molecule has 2 heterocycles. The van der Waals surface area contributed by atoms with Gasteiger partial charge in [-0.05, 0) is 140 Å². The zero-order chi connectivity index (χ0) is 54.2. The van der Waals surface area contributed by atoms with E-state index in [1.807, 2.05) is 119 Å². The number of rotatable bonds is 16. The van der Waals surface area contributed by atoms with Crippen LogP contribution in [-0.2, 0) is 43.0 Å². The summed E-state index contributed by atoms with van der Waals surface area (Å²) in [6.45, 7) is 13.0. The number of carbonyl (C=O) groups excluding carboxylic acids is 4. The van der Waals surface area contributed by atoms with Crippen LogP contribution in [0.4, 0.5) is 14.4 Å². The fourth-order valence-corrected chi connectivity index (χ4v) is 11.2. The molecule has 4 N–H and O–H groups in total. The van der Waals surface area contributed by atoms with Crippen LogP contribution in [0.2, 0.25) is 0 Å². The molecule has 1 unspecified atom stereocenters. The van der Waals surface area contributed by atoms with Crippen LogP contribution in [0.25, 0.3) is 44.1 Å². The molecule has 0 saturated carbocycles. The Hall–Kier alpha value is -8.16. The number of hydrogen-bond donors (Lipinski definition) is 4. The van der Waals surface area contributed by atoms with Crippen LogP contribution in [0.1, 0.15) is 103 Å². The summed E-state index contributed by atoms with van der Waals surface area (Å²) in [4.78, 5) is 58.8. The molecule has 0 aliphatic heterocycles. The molecule has 2 aliphatic carbocycles. The average molecular weight is 1040 g/mol. The molecule has 3 atom stereocenters. The van der Waals surface area contributed by atoms with E-state index < -0.39 is 47.5 Å². The second-order valence-corrected chi connectivity index (χ2v) is 22.1. The third-order valence-corrected chi connectivity index (χ3v) is 15.0. The lowest BCUT2D eigenvalue weighted by atomic mass is 9.94. The SMILES string of the molecule is Cc1cccc2c(C[C@@H](CO)NC(=O)OCC3c4ccccc4-c4cc(CCC(C)(C)OC(=O)[C@H](Cc5cn(C(=O)OC(C)(C)C)c6c(C)cccc56)NC(=O)OCC5c6ccccc6-c6ccccc65)ccc43)c[nH]c12. The molecule has 10 rings (SSSR count). The molecule has 13 heteroatoms. The zero-order valence-electron chi connectivity index (χ0n) is 44.7. The highest BCUT2D eigenvalue weighted by atomic mass is 16.6. The highest BCUT2D eigenvalue weighted by molar-refractivity contribution is 5.95. The number of nitrogens with one attached hydrogen (secondary N) is 3. The van der Waals surface area contributed by atoms with E-state index in [-0.39, 0.29) is 38.1 Å². The maximum absolute atomic E-state index is 14.6. The predicted octanol–water partition coefficient (Wildman–Crippen LogP) is 12.4. The molecule has 13 nitrogen and oxygen atoms in total. The van der Waals surface area contributed by atoms with Gasteiger partial charge in [0.1, 0.15) is 30.5 Å². The first kappa shape index (κ1) is 52.3. The number of H-pyrrole nitrogens is 1. The van der Waals surface area contributed by atoms with Crippen molar-refractivity contribution in [1.29, 1.82) is 0 Å². The van der Waals surface area contributed by atoms with Crippen LogP contribution >= 0.6 is 0 Å². The Morgan fingerprint density at radius 1 is 0.636 bits per heavy atom. The number of fused-ring (bicyclic) bond motifs is 8. The number of aromatic nitrogens is 2. The standard InChI is InChI=1S/C64H66N4O9/c1-38-16-14-24-44-41(33-65-57(38)44)31-43(35-69)66-60(71)74-37-55-51-23-13-10-20-48(51)53-30-40(26-27-52(53)55)28-29-64(6,7)76-59(70)56(32-42-34-68(62(73)77-63(3,4)5)58-39(2)17-15-25-45(42)58)67-61(72)75-36-54-49-21-11-8-18-46(49)47-19-9-12-22-50(47)54/h8-27,30,33-34,43,54-56,65,69H,28-29,31-32,35-37H2,1-7H3,(H,66,71)(H,67,72)/t43-,55?,56-/m0/s1. The van der Waals surface area contributed by atoms with Crippen LogP contribution in [0, 0.1) is 13.8 Å². The summed E-state index contributed by atoms with van der Waals surface area (Å²) in [6.07, 6.45) is 3.11. The van der Waals surface area contributed by atoms with Crippen molar-refractivity contribution in [2.24, 2.45) is 0 Å². The third kappa shape index (κ3) is 11.1. The summed E-state index contributed by atoms with van der Waals surface area (Å²) in [5, 5.41) is 17.8. The lowest BCUT2D eigenvalue weighted by molar-refractivity contribution is -0.159. The summed E-state index contributed by atoms with van der Waals surface area (Å²) in [7, 11) is 0. The lowest BCUT2D eigenvalue weighted by Gasteiger charge is -2.28. The number of aliphatic hydroxyl groups is 1. The van der Waals surface area contributed by atoms with Gasteiger partial charge >= 0.3 is 24.2 Å². The van der Waals surface area contributed by atoms with Crippen LogP contribution in [-0.4, -0.2) is 82.0 Å². The van der Waals surface area contributed by atoms with Gasteiger partial charge in [0.2, 0.25) is 0 Å². The van der Waals surface area contributed by atoms with Crippen molar-refractivity contribution >= 4 is 46.1 Å². The number of carbonyl (C=O) groups is 4. The number of ether oxygens (including phenoxy) is 4. The largest absolute Gasteiger partial charge is 0.458 e. The van der Waals surface area contributed by atoms with Crippen molar-refractivity contribution in [3.63, 3.8) is 0 Å². The number of esters is 1. The number of para-hydroxylation sites is 2. The second kappa shape index (κ2) is 21.5. The second-order valence-electron chi connectivity index (χ2n) is 22.1. The minimum Gasteiger partial charge on any atom is -0.458 e. The molecular formula is C64H66N4O9. The van der Waals surface area contributed by atoms with Crippen LogP contribution in [0.5, 0.6) is 0 Å². The van der Waals surface area contributed by atoms with Gasteiger partial charge in [-0.15, -0.1) is 0 Å². The minimum atomic E-state index is -1.20. The number of nitrogens with zero attached hydrogens (tertiary/aromatic N) is 1. The first-order valence-electron chi connectivity index (χ1n) is 26.4. The summed E-state index contributed by atoms with van der Waals surface area (Å²) < 4.78 is 25.5. The molecule has 2 aromatic heterocycles. The van der Waals surface area contributed by atoms with E-state index in [0.717, 1.165) is 83.1 Å².